The van der Waals surface area contributed by atoms with Crippen LogP contribution < -0.4 is 14.8 Å². The maximum Gasteiger partial charge on any atom is 0.126 e. The summed E-state index contributed by atoms with van der Waals surface area (Å²) >= 11 is 0. The molecule has 1 aromatic carbocycles. The SMILES string of the molecule is CCCNC1CCCCCC1c1ccc(OC)cc1OC. The molecule has 1 aliphatic rings. The summed E-state index contributed by atoms with van der Waals surface area (Å²) in [5, 5.41) is 3.75. The molecular weight excluding hydrogens is 262 g/mol. The minimum atomic E-state index is 0.542. The molecule has 0 bridgehead atoms. The van der Waals surface area contributed by atoms with Gasteiger partial charge in [0.25, 0.3) is 0 Å². The molecule has 21 heavy (non-hydrogen) atoms. The molecule has 0 heterocycles. The molecule has 0 amide bonds. The van der Waals surface area contributed by atoms with Gasteiger partial charge in [0.05, 0.1) is 14.2 Å². The zero-order valence-corrected chi connectivity index (χ0v) is 13.7. The number of hydrogen-bond acceptors (Lipinski definition) is 3. The second kappa shape index (κ2) is 8.28. The fraction of sp³-hybridized carbons (Fsp3) is 0.667. The largest absolute Gasteiger partial charge is 0.497 e. The van der Waals surface area contributed by atoms with Gasteiger partial charge >= 0.3 is 0 Å². The van der Waals surface area contributed by atoms with E-state index in [0.29, 0.717) is 12.0 Å². The normalized spacial score (nSPS) is 22.6. The molecule has 1 fully saturated rings. The van der Waals surface area contributed by atoms with Crippen molar-refractivity contribution in [3.05, 3.63) is 23.8 Å². The van der Waals surface area contributed by atoms with Crippen LogP contribution in [0.3, 0.4) is 0 Å². The smallest absolute Gasteiger partial charge is 0.126 e. The van der Waals surface area contributed by atoms with Crippen molar-refractivity contribution in [1.82, 2.24) is 5.32 Å². The van der Waals surface area contributed by atoms with Gasteiger partial charge in [-0.25, -0.2) is 0 Å². The molecule has 3 heteroatoms. The van der Waals surface area contributed by atoms with Crippen molar-refractivity contribution in [2.45, 2.75) is 57.4 Å². The summed E-state index contributed by atoms with van der Waals surface area (Å²) in [4.78, 5) is 0. The van der Waals surface area contributed by atoms with Gasteiger partial charge in [-0.2, -0.15) is 0 Å². The first-order valence-corrected chi connectivity index (χ1v) is 8.25. The topological polar surface area (TPSA) is 30.5 Å². The zero-order valence-electron chi connectivity index (χ0n) is 13.7. The maximum absolute atomic E-state index is 5.63. The van der Waals surface area contributed by atoms with Crippen LogP contribution in [0.1, 0.15) is 56.9 Å². The molecule has 0 saturated heterocycles. The summed E-state index contributed by atoms with van der Waals surface area (Å²) in [5.74, 6) is 2.37. The van der Waals surface area contributed by atoms with E-state index in [1.807, 2.05) is 6.07 Å². The van der Waals surface area contributed by atoms with E-state index in [1.54, 1.807) is 14.2 Å². The number of benzene rings is 1. The number of ether oxygens (including phenoxy) is 2. The van der Waals surface area contributed by atoms with E-state index in [9.17, 15) is 0 Å². The highest BCUT2D eigenvalue weighted by Crippen LogP contribution is 2.38. The average molecular weight is 291 g/mol. The van der Waals surface area contributed by atoms with Crippen LogP contribution in [0.25, 0.3) is 0 Å². The van der Waals surface area contributed by atoms with Crippen molar-refractivity contribution < 1.29 is 9.47 Å². The molecule has 118 valence electrons. The molecule has 1 aromatic rings. The van der Waals surface area contributed by atoms with Gasteiger partial charge < -0.3 is 14.8 Å². The zero-order chi connectivity index (χ0) is 15.1. The van der Waals surface area contributed by atoms with Crippen molar-refractivity contribution in [3.63, 3.8) is 0 Å². The lowest BCUT2D eigenvalue weighted by Gasteiger charge is -2.28. The fourth-order valence-corrected chi connectivity index (χ4v) is 3.38. The Morgan fingerprint density at radius 1 is 1.10 bits per heavy atom. The van der Waals surface area contributed by atoms with Gasteiger partial charge in [0.2, 0.25) is 0 Å². The number of hydrogen-bond donors (Lipinski definition) is 1. The molecule has 2 unspecified atom stereocenters. The van der Waals surface area contributed by atoms with E-state index < -0.39 is 0 Å². The average Bonchev–Trinajstić information content (AvgIpc) is 2.77. The van der Waals surface area contributed by atoms with Gasteiger partial charge in [-0.05, 0) is 37.4 Å². The van der Waals surface area contributed by atoms with Crippen LogP contribution in [0, 0.1) is 0 Å². The van der Waals surface area contributed by atoms with Crippen LogP contribution in [0.5, 0.6) is 11.5 Å². The van der Waals surface area contributed by atoms with Crippen LogP contribution in [0.15, 0.2) is 18.2 Å². The van der Waals surface area contributed by atoms with Gasteiger partial charge in [-0.1, -0.05) is 32.3 Å². The van der Waals surface area contributed by atoms with Crippen LogP contribution in [-0.4, -0.2) is 26.8 Å². The van der Waals surface area contributed by atoms with E-state index in [0.717, 1.165) is 18.0 Å². The van der Waals surface area contributed by atoms with Gasteiger partial charge in [0.1, 0.15) is 11.5 Å². The highest BCUT2D eigenvalue weighted by atomic mass is 16.5. The number of nitrogens with one attached hydrogen (secondary N) is 1. The summed E-state index contributed by atoms with van der Waals surface area (Å²) in [6.45, 7) is 3.33. The highest BCUT2D eigenvalue weighted by Gasteiger charge is 2.27. The molecule has 1 saturated carbocycles. The van der Waals surface area contributed by atoms with Crippen molar-refractivity contribution in [2.75, 3.05) is 20.8 Å². The second-order valence-corrected chi connectivity index (χ2v) is 5.91. The monoisotopic (exact) mass is 291 g/mol. The lowest BCUT2D eigenvalue weighted by Crippen LogP contribution is -2.35. The fourth-order valence-electron chi connectivity index (χ4n) is 3.38. The standard InChI is InChI=1S/C18H29NO2/c1-4-12-19-17-9-7-5-6-8-15(17)16-11-10-14(20-2)13-18(16)21-3/h10-11,13,15,17,19H,4-9,12H2,1-3H3. The minimum Gasteiger partial charge on any atom is -0.497 e. The van der Waals surface area contributed by atoms with Crippen molar-refractivity contribution >= 4 is 0 Å². The third-order valence-electron chi connectivity index (χ3n) is 4.51. The summed E-state index contributed by atoms with van der Waals surface area (Å²) in [7, 11) is 3.45. The van der Waals surface area contributed by atoms with Crippen LogP contribution >= 0.6 is 0 Å². The summed E-state index contributed by atoms with van der Waals surface area (Å²) < 4.78 is 10.9. The lowest BCUT2D eigenvalue weighted by molar-refractivity contribution is 0.369. The summed E-state index contributed by atoms with van der Waals surface area (Å²) in [5.41, 5.74) is 1.33. The van der Waals surface area contributed by atoms with Crippen LogP contribution in [0.4, 0.5) is 0 Å². The highest BCUT2D eigenvalue weighted by molar-refractivity contribution is 5.43. The maximum atomic E-state index is 5.63. The van der Waals surface area contributed by atoms with Gasteiger partial charge in [-0.15, -0.1) is 0 Å². The Bertz CT molecular complexity index is 433. The Hall–Kier alpha value is -1.22. The molecule has 2 atom stereocenters. The van der Waals surface area contributed by atoms with E-state index in [2.05, 4.69) is 24.4 Å². The molecule has 1 aliphatic carbocycles. The molecule has 0 radical (unpaired) electrons. The molecule has 0 aliphatic heterocycles. The van der Waals surface area contributed by atoms with Crippen LogP contribution in [-0.2, 0) is 0 Å². The van der Waals surface area contributed by atoms with Gasteiger partial charge in [-0.3, -0.25) is 0 Å². The molecule has 0 aromatic heterocycles. The molecular formula is C18H29NO2. The Labute approximate surface area is 129 Å². The predicted molar refractivity (Wildman–Crippen MR) is 87.5 cm³/mol. The molecule has 0 spiro atoms. The number of methoxy groups -OCH3 is 2. The first-order valence-electron chi connectivity index (χ1n) is 8.25. The predicted octanol–water partition coefficient (Wildman–Crippen LogP) is 4.12. The Morgan fingerprint density at radius 2 is 1.90 bits per heavy atom. The first-order chi connectivity index (χ1) is 10.3. The van der Waals surface area contributed by atoms with Gasteiger partial charge in [0.15, 0.2) is 0 Å². The van der Waals surface area contributed by atoms with Crippen molar-refractivity contribution in [2.24, 2.45) is 0 Å². The van der Waals surface area contributed by atoms with Crippen LogP contribution in [0.2, 0.25) is 0 Å². The Balaban J connectivity index is 2.26. The molecule has 3 nitrogen and oxygen atoms in total. The first kappa shape index (κ1) is 16.2. The second-order valence-electron chi connectivity index (χ2n) is 5.91. The lowest BCUT2D eigenvalue weighted by atomic mass is 9.86. The number of rotatable bonds is 6. The van der Waals surface area contributed by atoms with Gasteiger partial charge in [0, 0.05) is 18.0 Å². The molecule has 2 rings (SSSR count). The summed E-state index contributed by atoms with van der Waals surface area (Å²) in [6, 6.07) is 6.82. The van der Waals surface area contributed by atoms with E-state index in [-0.39, 0.29) is 0 Å². The van der Waals surface area contributed by atoms with E-state index >= 15 is 0 Å². The minimum absolute atomic E-state index is 0.542. The third kappa shape index (κ3) is 4.13. The van der Waals surface area contributed by atoms with E-state index in [4.69, 9.17) is 9.47 Å². The van der Waals surface area contributed by atoms with Crippen molar-refractivity contribution in [1.29, 1.82) is 0 Å². The Morgan fingerprint density at radius 3 is 2.62 bits per heavy atom. The summed E-state index contributed by atoms with van der Waals surface area (Å²) in [6.07, 6.45) is 7.67. The Kier molecular flexibility index (Phi) is 6.37. The quantitative estimate of drug-likeness (QED) is 0.800. The molecule has 1 N–H and O–H groups in total. The van der Waals surface area contributed by atoms with E-state index in [1.165, 1.54) is 44.1 Å². The van der Waals surface area contributed by atoms with Crippen molar-refractivity contribution in [3.8, 4) is 11.5 Å². The third-order valence-corrected chi connectivity index (χ3v) is 4.51.